The molecular formula is C14H9ClF3N5S. The molecule has 3 rings (SSSR count). The van der Waals surface area contributed by atoms with Gasteiger partial charge in [-0.05, 0) is 36.0 Å². The predicted octanol–water partition coefficient (Wildman–Crippen LogP) is 4.10. The molecule has 24 heavy (non-hydrogen) atoms. The van der Waals surface area contributed by atoms with E-state index >= 15 is 0 Å². The van der Waals surface area contributed by atoms with Crippen molar-refractivity contribution in [1.82, 2.24) is 25.0 Å². The smallest absolute Gasteiger partial charge is 0.305 e. The zero-order chi connectivity index (χ0) is 17.3. The lowest BCUT2D eigenvalue weighted by Gasteiger charge is -2.06. The van der Waals surface area contributed by atoms with Crippen LogP contribution in [0, 0.1) is 0 Å². The summed E-state index contributed by atoms with van der Waals surface area (Å²) in [6.45, 7) is 0. The number of halogens is 4. The van der Waals surface area contributed by atoms with Gasteiger partial charge in [0.15, 0.2) is 16.7 Å². The van der Waals surface area contributed by atoms with Crippen molar-refractivity contribution in [3.8, 4) is 11.4 Å². The van der Waals surface area contributed by atoms with Gasteiger partial charge in [-0.15, -0.1) is 20.4 Å². The molecular weight excluding hydrogens is 363 g/mol. The number of hydrogen-bond donors (Lipinski definition) is 0. The Labute approximate surface area is 143 Å². The molecule has 0 aliphatic carbocycles. The van der Waals surface area contributed by atoms with Crippen molar-refractivity contribution in [2.45, 2.75) is 16.4 Å². The first-order valence-corrected chi connectivity index (χ1v) is 7.79. The van der Waals surface area contributed by atoms with Crippen LogP contribution in [-0.4, -0.2) is 25.0 Å². The molecule has 0 radical (unpaired) electrons. The molecule has 0 spiro atoms. The molecule has 3 aromatic rings. The molecule has 0 saturated carbocycles. The lowest BCUT2D eigenvalue weighted by atomic mass is 10.2. The fourth-order valence-corrected chi connectivity index (χ4v) is 2.83. The molecule has 2 aromatic heterocycles. The van der Waals surface area contributed by atoms with Gasteiger partial charge in [-0.3, -0.25) is 0 Å². The second-order valence-corrected chi connectivity index (χ2v) is 6.10. The van der Waals surface area contributed by atoms with Gasteiger partial charge in [0.05, 0.1) is 5.02 Å². The summed E-state index contributed by atoms with van der Waals surface area (Å²) in [5, 5.41) is 16.1. The van der Waals surface area contributed by atoms with E-state index in [-0.39, 0.29) is 5.03 Å². The van der Waals surface area contributed by atoms with Gasteiger partial charge in [0.2, 0.25) is 0 Å². The maximum atomic E-state index is 12.5. The average molecular weight is 372 g/mol. The summed E-state index contributed by atoms with van der Waals surface area (Å²) in [5.74, 6) is 0.544. The Hall–Kier alpha value is -2.13. The predicted molar refractivity (Wildman–Crippen MR) is 82.6 cm³/mol. The third-order valence-corrected chi connectivity index (χ3v) is 4.37. The number of benzene rings is 1. The second-order valence-electron chi connectivity index (χ2n) is 4.70. The minimum atomic E-state index is -4.52. The van der Waals surface area contributed by atoms with Crippen molar-refractivity contribution < 1.29 is 13.2 Å². The van der Waals surface area contributed by atoms with Crippen LogP contribution in [0.4, 0.5) is 13.2 Å². The van der Waals surface area contributed by atoms with Gasteiger partial charge in [-0.1, -0.05) is 23.7 Å². The Morgan fingerprint density at radius 2 is 1.75 bits per heavy atom. The van der Waals surface area contributed by atoms with Crippen LogP contribution in [-0.2, 0) is 13.2 Å². The van der Waals surface area contributed by atoms with Crippen molar-refractivity contribution in [3.63, 3.8) is 0 Å². The zero-order valence-corrected chi connectivity index (χ0v) is 13.7. The van der Waals surface area contributed by atoms with Crippen LogP contribution >= 0.6 is 23.4 Å². The molecule has 0 aliphatic heterocycles. The fraction of sp³-hybridized carbons (Fsp3) is 0.143. The van der Waals surface area contributed by atoms with Gasteiger partial charge >= 0.3 is 6.18 Å². The van der Waals surface area contributed by atoms with E-state index in [1.807, 2.05) is 6.07 Å². The molecule has 0 fully saturated rings. The molecule has 0 amide bonds. The summed E-state index contributed by atoms with van der Waals surface area (Å²) in [6.07, 6.45) is -4.52. The lowest BCUT2D eigenvalue weighted by molar-refractivity contribution is -0.141. The summed E-state index contributed by atoms with van der Waals surface area (Å²) in [5.41, 5.74) is -0.332. The molecule has 0 unspecified atom stereocenters. The molecule has 124 valence electrons. The second kappa shape index (κ2) is 6.40. The molecule has 2 heterocycles. The molecule has 5 nitrogen and oxygen atoms in total. The van der Waals surface area contributed by atoms with Crippen LogP contribution in [0.5, 0.6) is 0 Å². The first-order chi connectivity index (χ1) is 11.4. The van der Waals surface area contributed by atoms with Crippen molar-refractivity contribution >= 4 is 23.4 Å². The van der Waals surface area contributed by atoms with Crippen molar-refractivity contribution in [3.05, 3.63) is 47.1 Å². The highest BCUT2D eigenvalue weighted by atomic mass is 35.5. The van der Waals surface area contributed by atoms with E-state index in [4.69, 9.17) is 11.6 Å². The number of nitrogens with zero attached hydrogens (tertiary/aromatic N) is 5. The molecule has 0 saturated heterocycles. The average Bonchev–Trinajstić information content (AvgIpc) is 2.88. The monoisotopic (exact) mass is 371 g/mol. The van der Waals surface area contributed by atoms with E-state index in [9.17, 15) is 13.2 Å². The Bertz CT molecular complexity index is 864. The zero-order valence-electron chi connectivity index (χ0n) is 12.1. The Morgan fingerprint density at radius 1 is 1.00 bits per heavy atom. The number of hydrogen-bond acceptors (Lipinski definition) is 5. The molecule has 0 N–H and O–H groups in total. The molecule has 0 aliphatic rings. The van der Waals surface area contributed by atoms with Gasteiger partial charge in [-0.2, -0.15) is 13.2 Å². The minimum absolute atomic E-state index is 0.282. The molecule has 0 bridgehead atoms. The lowest BCUT2D eigenvalue weighted by Crippen LogP contribution is -2.08. The maximum Gasteiger partial charge on any atom is 0.435 e. The van der Waals surface area contributed by atoms with Crippen LogP contribution in [0.2, 0.25) is 5.02 Å². The number of aromatic nitrogens is 5. The number of rotatable bonds is 3. The van der Waals surface area contributed by atoms with Crippen LogP contribution in [0.3, 0.4) is 0 Å². The topological polar surface area (TPSA) is 56.5 Å². The van der Waals surface area contributed by atoms with Gasteiger partial charge in [0, 0.05) is 12.6 Å². The molecule has 10 heteroatoms. The third kappa shape index (κ3) is 3.36. The quantitative estimate of drug-likeness (QED) is 0.694. The van der Waals surface area contributed by atoms with Gasteiger partial charge in [0.1, 0.15) is 5.03 Å². The van der Waals surface area contributed by atoms with Crippen LogP contribution in [0.15, 0.2) is 46.6 Å². The highest BCUT2D eigenvalue weighted by Crippen LogP contribution is 2.32. The Morgan fingerprint density at radius 3 is 2.38 bits per heavy atom. The fourth-order valence-electron chi connectivity index (χ4n) is 1.90. The van der Waals surface area contributed by atoms with Crippen molar-refractivity contribution in [2.24, 2.45) is 7.05 Å². The van der Waals surface area contributed by atoms with E-state index < -0.39 is 11.9 Å². The summed E-state index contributed by atoms with van der Waals surface area (Å²) < 4.78 is 39.2. The van der Waals surface area contributed by atoms with Gasteiger partial charge in [0.25, 0.3) is 0 Å². The van der Waals surface area contributed by atoms with E-state index in [0.717, 1.165) is 17.8 Å². The van der Waals surface area contributed by atoms with E-state index in [2.05, 4.69) is 20.4 Å². The molecule has 0 atom stereocenters. The minimum Gasteiger partial charge on any atom is -0.305 e. The van der Waals surface area contributed by atoms with Crippen LogP contribution < -0.4 is 0 Å². The Kier molecular flexibility index (Phi) is 4.46. The van der Waals surface area contributed by atoms with Crippen LogP contribution in [0.1, 0.15) is 5.69 Å². The Balaban J connectivity index is 1.86. The van der Waals surface area contributed by atoms with Crippen molar-refractivity contribution in [1.29, 1.82) is 0 Å². The van der Waals surface area contributed by atoms with E-state index in [1.165, 1.54) is 6.07 Å². The van der Waals surface area contributed by atoms with E-state index in [1.54, 1.807) is 29.8 Å². The standard InChI is InChI=1S/C14H9ClF3N5S/c1-23-12(8-4-2-3-5-9(8)15)21-22-13(23)24-11-7-6-10(19-20-11)14(16,17)18/h2-7H,1H3. The van der Waals surface area contributed by atoms with Gasteiger partial charge < -0.3 is 4.57 Å². The van der Waals surface area contributed by atoms with Crippen LogP contribution in [0.25, 0.3) is 11.4 Å². The summed E-state index contributed by atoms with van der Waals surface area (Å²) >= 11 is 7.20. The third-order valence-electron chi connectivity index (χ3n) is 3.08. The normalized spacial score (nSPS) is 11.7. The highest BCUT2D eigenvalue weighted by Gasteiger charge is 2.33. The summed E-state index contributed by atoms with van der Waals surface area (Å²) in [7, 11) is 1.73. The largest absolute Gasteiger partial charge is 0.435 e. The first kappa shape index (κ1) is 16.7. The SMILES string of the molecule is Cn1c(Sc2ccc(C(F)(F)F)nn2)nnc1-c1ccccc1Cl. The highest BCUT2D eigenvalue weighted by molar-refractivity contribution is 7.99. The van der Waals surface area contributed by atoms with Crippen molar-refractivity contribution in [2.75, 3.05) is 0 Å². The number of alkyl halides is 3. The maximum absolute atomic E-state index is 12.5. The van der Waals surface area contributed by atoms with E-state index in [0.29, 0.717) is 21.6 Å². The summed E-state index contributed by atoms with van der Waals surface area (Å²) in [4.78, 5) is 0. The molecule has 1 aromatic carbocycles. The van der Waals surface area contributed by atoms with Gasteiger partial charge in [-0.25, -0.2) is 0 Å². The first-order valence-electron chi connectivity index (χ1n) is 6.59. The summed E-state index contributed by atoms with van der Waals surface area (Å²) in [6, 6.07) is 9.28.